The predicted octanol–water partition coefficient (Wildman–Crippen LogP) is 12.5. The molecule has 3 aliphatic rings. The van der Waals surface area contributed by atoms with Gasteiger partial charge in [-0.25, -0.2) is 39.9 Å². The molecule has 2 atom stereocenters. The molecule has 502 valence electrons. The Morgan fingerprint density at radius 2 is 0.927 bits per heavy atom. The van der Waals surface area contributed by atoms with Gasteiger partial charge in [0.15, 0.2) is 22.6 Å². The highest BCUT2D eigenvalue weighted by Crippen LogP contribution is 2.38. The van der Waals surface area contributed by atoms with E-state index in [0.29, 0.717) is 34.3 Å². The van der Waals surface area contributed by atoms with Crippen molar-refractivity contribution in [2.75, 3.05) is 73.6 Å². The second kappa shape index (κ2) is 30.5. The first kappa shape index (κ1) is 63.9. The van der Waals surface area contributed by atoms with Gasteiger partial charge in [0.05, 0.1) is 51.5 Å². The van der Waals surface area contributed by atoms with E-state index in [-0.39, 0.29) is 32.3 Å². The third kappa shape index (κ3) is 15.8. The molecule has 0 radical (unpaired) electrons. The third-order valence-corrected chi connectivity index (χ3v) is 16.8. The van der Waals surface area contributed by atoms with Crippen LogP contribution in [0.3, 0.4) is 0 Å². The van der Waals surface area contributed by atoms with Gasteiger partial charge in [-0.15, -0.1) is 0 Å². The van der Waals surface area contributed by atoms with E-state index < -0.39 is 17.8 Å². The van der Waals surface area contributed by atoms with E-state index in [1.54, 1.807) is 55.0 Å². The number of anilines is 4. The number of hydrogen-bond donors (Lipinski definition) is 12. The van der Waals surface area contributed by atoms with Crippen molar-refractivity contribution in [2.24, 2.45) is 5.92 Å². The molecule has 0 bridgehead atoms. The number of nitrogens with one attached hydrogen (secondary N) is 11. The van der Waals surface area contributed by atoms with Crippen LogP contribution in [0.2, 0.25) is 0 Å². The largest absolute Gasteiger partial charge is 0.418 e. The lowest BCUT2D eigenvalue weighted by Crippen LogP contribution is -2.35. The minimum absolute atomic E-state index is 0. The number of halogens is 3. The van der Waals surface area contributed by atoms with Crippen molar-refractivity contribution in [1.82, 2.24) is 96.6 Å². The van der Waals surface area contributed by atoms with Gasteiger partial charge in [0.2, 0.25) is 0 Å². The monoisotopic (exact) mass is 1310 g/mol. The molecule has 3 aliphatic heterocycles. The van der Waals surface area contributed by atoms with Crippen LogP contribution in [0.25, 0.3) is 89.7 Å². The number of rotatable bonds is 16. The van der Waals surface area contributed by atoms with Crippen LogP contribution in [0.1, 0.15) is 64.3 Å². The molecule has 15 heterocycles. The van der Waals surface area contributed by atoms with Gasteiger partial charge < -0.3 is 42.3 Å². The quantitative estimate of drug-likeness (QED) is 0.0428. The summed E-state index contributed by atoms with van der Waals surface area (Å²) >= 11 is 0. The zero-order chi connectivity index (χ0) is 65.5. The first-order chi connectivity index (χ1) is 47.1. The lowest BCUT2D eigenvalue weighted by atomic mass is 9.98. The number of benzene rings is 1. The number of aliphatic hydroxyl groups excluding tert-OH is 1. The van der Waals surface area contributed by atoms with Crippen molar-refractivity contribution >= 4 is 67.4 Å². The molecule has 24 nitrogen and oxygen atoms in total. The second-order valence-corrected chi connectivity index (χ2v) is 23.4. The fourth-order valence-electron chi connectivity index (χ4n) is 11.8. The van der Waals surface area contributed by atoms with Crippen molar-refractivity contribution in [3.05, 3.63) is 182 Å². The Morgan fingerprint density at radius 3 is 1.44 bits per heavy atom. The second-order valence-electron chi connectivity index (χ2n) is 23.4. The van der Waals surface area contributed by atoms with Crippen LogP contribution in [-0.2, 0) is 6.18 Å². The molecule has 16 rings (SSSR count). The van der Waals surface area contributed by atoms with Gasteiger partial charge in [-0.1, -0.05) is 48.5 Å². The third-order valence-electron chi connectivity index (χ3n) is 16.8. The standard InChI is InChI=1S/C20H16F3N5O.C17H20N6.2C16H18N6.6H2/c21-20(22,23)14-8-9-16(25-11-15(29)12-5-2-1-3-6-12)26-18(14)17-13-7-4-10-24-19(13)28-27-17;1-4-14(16-13-3-2-8-19-17(13)23-22-16)21-15(5-1)20-11-12-6-9-18-10-7-12;1-6-13(15-12-5-3-9-18-16(12)22-21-15)20-14(7-1)19-10-11-4-2-8-17-11;1-4-13(15-12-3-2-8-18-16(12)22-21-15)20-14(5-1)19-11-6-9-17-10-7-11;;;;;;/h1-10,15,29H,11H2,(H,25,26)(H,24,27,28);1-5,8,12,18H,6-7,9-11H2,(H,20,21)(H,19,22,23);1,3,5-7,9,11,17H,2,4,8,10H2,(H,19,20)(H,18,21,22);1-5,8,11,17H,6-7,9-10H2,(H,19,20)(H,18,21,22);6*1H/t15-;;;;;;;;;/m1........./s1. The van der Waals surface area contributed by atoms with Crippen LogP contribution in [0.15, 0.2) is 170 Å². The van der Waals surface area contributed by atoms with Crippen molar-refractivity contribution in [1.29, 1.82) is 0 Å². The summed E-state index contributed by atoms with van der Waals surface area (Å²) in [4.78, 5) is 35.1. The fourth-order valence-corrected chi connectivity index (χ4v) is 11.8. The summed E-state index contributed by atoms with van der Waals surface area (Å²) in [5.74, 6) is 3.63. The van der Waals surface area contributed by atoms with Crippen LogP contribution in [-0.4, -0.2) is 150 Å². The van der Waals surface area contributed by atoms with E-state index in [1.165, 1.54) is 37.9 Å². The highest BCUT2D eigenvalue weighted by atomic mass is 19.4. The summed E-state index contributed by atoms with van der Waals surface area (Å²) in [5.41, 5.74) is 7.49. The van der Waals surface area contributed by atoms with E-state index >= 15 is 0 Å². The molecule has 3 fully saturated rings. The minimum atomic E-state index is -4.59. The molecule has 96 heavy (non-hydrogen) atoms. The molecule has 1 unspecified atom stereocenters. The van der Waals surface area contributed by atoms with E-state index in [9.17, 15) is 18.3 Å². The Labute approximate surface area is 558 Å². The average molecular weight is 1310 g/mol. The van der Waals surface area contributed by atoms with Crippen LogP contribution in [0, 0.1) is 5.92 Å². The fraction of sp³-hybridized carbons (Fsp3) is 0.275. The van der Waals surface area contributed by atoms with E-state index in [0.717, 1.165) is 150 Å². The highest BCUT2D eigenvalue weighted by molar-refractivity contribution is 5.92. The average Bonchev–Trinajstić information content (AvgIpc) is 1.57. The molecule has 0 spiro atoms. The number of alkyl halides is 3. The molecule has 12 N–H and O–H groups in total. The summed E-state index contributed by atoms with van der Waals surface area (Å²) in [5, 5.41) is 65.7. The molecular weight excluding hydrogens is 1220 g/mol. The first-order valence-electron chi connectivity index (χ1n) is 32.2. The Kier molecular flexibility index (Phi) is 20.3. The number of nitrogens with zero attached hydrogens (tertiary/aromatic N) is 12. The van der Waals surface area contributed by atoms with Crippen LogP contribution in [0.5, 0.6) is 0 Å². The Hall–Kier alpha value is -10.9. The van der Waals surface area contributed by atoms with Crippen molar-refractivity contribution in [3.63, 3.8) is 0 Å². The molecule has 12 aromatic heterocycles. The van der Waals surface area contributed by atoms with Crippen molar-refractivity contribution in [3.8, 4) is 45.6 Å². The maximum absolute atomic E-state index is 13.6. The summed E-state index contributed by atoms with van der Waals surface area (Å²) in [6.45, 7) is 7.45. The number of H-pyrrole nitrogens is 4. The molecule has 0 saturated carbocycles. The van der Waals surface area contributed by atoms with Gasteiger partial charge in [-0.05, 0) is 180 Å². The Bertz CT molecular complexity index is 4670. The van der Waals surface area contributed by atoms with Crippen LogP contribution >= 0.6 is 0 Å². The zero-order valence-corrected chi connectivity index (χ0v) is 52.3. The van der Waals surface area contributed by atoms with Gasteiger partial charge in [0, 0.05) is 86.6 Å². The minimum Gasteiger partial charge on any atom is -0.387 e. The van der Waals surface area contributed by atoms with Crippen molar-refractivity contribution in [2.45, 2.75) is 62.9 Å². The topological polar surface area (TPSA) is 322 Å². The Morgan fingerprint density at radius 1 is 0.458 bits per heavy atom. The predicted molar refractivity (Wildman–Crippen MR) is 379 cm³/mol. The summed E-state index contributed by atoms with van der Waals surface area (Å²) in [6, 6.07) is 45.3. The number of aromatic nitrogens is 16. The van der Waals surface area contributed by atoms with Gasteiger partial charge >= 0.3 is 6.18 Å². The highest BCUT2D eigenvalue weighted by Gasteiger charge is 2.36. The molecule has 27 heteroatoms. The Balaban J connectivity index is 0.000000188. The maximum atomic E-state index is 13.6. The van der Waals surface area contributed by atoms with Gasteiger partial charge in [0.1, 0.15) is 29.0 Å². The van der Waals surface area contributed by atoms with Gasteiger partial charge in [-0.2, -0.15) is 33.6 Å². The maximum Gasteiger partial charge on any atom is 0.418 e. The van der Waals surface area contributed by atoms with E-state index in [2.05, 4.69) is 108 Å². The smallest absolute Gasteiger partial charge is 0.387 e. The van der Waals surface area contributed by atoms with Gasteiger partial charge in [-0.3, -0.25) is 20.4 Å². The van der Waals surface area contributed by atoms with Gasteiger partial charge in [0.25, 0.3) is 0 Å². The molecule has 0 aliphatic carbocycles. The number of pyridine rings is 8. The summed E-state index contributed by atoms with van der Waals surface area (Å²) in [6.07, 6.45) is 8.51. The zero-order valence-electron chi connectivity index (χ0n) is 52.3. The van der Waals surface area contributed by atoms with E-state index in [1.807, 2.05) is 97.1 Å². The number of fused-ring (bicyclic) bond motifs is 4. The summed E-state index contributed by atoms with van der Waals surface area (Å²) in [7, 11) is 0. The van der Waals surface area contributed by atoms with Crippen LogP contribution < -0.4 is 37.2 Å². The summed E-state index contributed by atoms with van der Waals surface area (Å²) < 4.78 is 40.7. The van der Waals surface area contributed by atoms with Crippen LogP contribution in [0.4, 0.5) is 36.4 Å². The SMILES string of the molecule is O[C@H](CNc1ccc(C(F)(F)F)c(-c2[nH]nc3ncccc23)n1)c1ccccc1.[HH].[HH].[HH].[HH].[HH].[HH].c1cc(NC2CCNCC2)nc(-c2[nH]nc3ncccc23)c1.c1cc(NCC2CCCN2)nc(-c2[nH]nc3ncccc23)c1.c1cc(NCC2CCNCC2)nc(-c2[nH]nc3ncccc23)c1. The van der Waals surface area contributed by atoms with Crippen molar-refractivity contribution < 1.29 is 26.8 Å². The number of piperidine rings is 2. The number of hydrogen-bond acceptors (Lipinski definition) is 20. The van der Waals surface area contributed by atoms with E-state index in [4.69, 9.17) is 9.97 Å². The molecule has 0 amide bonds. The lowest BCUT2D eigenvalue weighted by molar-refractivity contribution is -0.137. The number of aliphatic hydroxyl groups is 1. The molecule has 13 aromatic rings. The first-order valence-corrected chi connectivity index (χ1v) is 32.2. The lowest BCUT2D eigenvalue weighted by Gasteiger charge is -2.24. The molecular formula is C69H84F3N23O. The molecule has 3 saturated heterocycles. The number of aromatic amines is 4. The molecule has 1 aromatic carbocycles. The normalized spacial score (nSPS) is 15.4.